The second-order valence-corrected chi connectivity index (χ2v) is 7.86. The van der Waals surface area contributed by atoms with Crippen molar-refractivity contribution in [1.82, 2.24) is 29.6 Å². The van der Waals surface area contributed by atoms with Gasteiger partial charge in [0.05, 0.1) is 0 Å². The Balaban J connectivity index is 1.33. The third-order valence-corrected chi connectivity index (χ3v) is 5.99. The minimum Gasteiger partial charge on any atom is -0.340 e. The SMILES string of the molecule is Cc1nccn1CC(=O)N1C[C@H](c2nc(C3CC3)n[nH]2)[C@@H](C2CC2)C1. The van der Waals surface area contributed by atoms with Crippen LogP contribution in [0.1, 0.15) is 55.0 Å². The van der Waals surface area contributed by atoms with Gasteiger partial charge in [-0.1, -0.05) is 0 Å². The van der Waals surface area contributed by atoms with Crippen molar-refractivity contribution in [1.29, 1.82) is 0 Å². The molecule has 0 radical (unpaired) electrons. The number of nitrogens with zero attached hydrogens (tertiary/aromatic N) is 5. The summed E-state index contributed by atoms with van der Waals surface area (Å²) in [4.78, 5) is 23.8. The molecule has 3 fully saturated rings. The quantitative estimate of drug-likeness (QED) is 0.901. The second kappa shape index (κ2) is 5.68. The number of aromatic amines is 1. The molecule has 7 nitrogen and oxygen atoms in total. The standard InChI is InChI=1S/C18H24N6O/c1-11-19-6-7-23(11)10-16(25)24-8-14(12-2-3-12)15(9-24)18-20-17(21-22-18)13-4-5-13/h6-7,12-15H,2-5,8-10H2,1H3,(H,20,21,22)/t14-,15+/m1/s1. The molecule has 2 aromatic rings. The van der Waals surface area contributed by atoms with E-state index in [9.17, 15) is 4.79 Å². The fourth-order valence-electron chi connectivity index (χ4n) is 4.12. The van der Waals surface area contributed by atoms with Gasteiger partial charge in [-0.15, -0.1) is 0 Å². The highest BCUT2D eigenvalue weighted by Crippen LogP contribution is 2.47. The van der Waals surface area contributed by atoms with E-state index in [0.29, 0.717) is 24.3 Å². The first-order valence-electron chi connectivity index (χ1n) is 9.36. The van der Waals surface area contributed by atoms with Crippen LogP contribution in [0.4, 0.5) is 0 Å². The first kappa shape index (κ1) is 15.1. The summed E-state index contributed by atoms with van der Waals surface area (Å²) in [5.74, 6) is 5.16. The van der Waals surface area contributed by atoms with Gasteiger partial charge in [0, 0.05) is 37.3 Å². The van der Waals surface area contributed by atoms with Crippen LogP contribution >= 0.6 is 0 Å². The number of amides is 1. The number of likely N-dealkylation sites (tertiary alicyclic amines) is 1. The number of carbonyl (C=O) groups excluding carboxylic acids is 1. The van der Waals surface area contributed by atoms with Gasteiger partial charge in [0.1, 0.15) is 18.2 Å². The van der Waals surface area contributed by atoms with Gasteiger partial charge >= 0.3 is 0 Å². The van der Waals surface area contributed by atoms with E-state index >= 15 is 0 Å². The maximum Gasteiger partial charge on any atom is 0.242 e. The zero-order valence-corrected chi connectivity index (χ0v) is 14.6. The Hall–Kier alpha value is -2.18. The topological polar surface area (TPSA) is 79.7 Å². The molecule has 3 aliphatic rings. The van der Waals surface area contributed by atoms with E-state index in [2.05, 4.69) is 15.2 Å². The first-order valence-corrected chi connectivity index (χ1v) is 9.36. The summed E-state index contributed by atoms with van der Waals surface area (Å²) in [7, 11) is 0. The molecular formula is C18H24N6O. The van der Waals surface area contributed by atoms with Gasteiger partial charge in [0.2, 0.25) is 5.91 Å². The van der Waals surface area contributed by atoms with Crippen LogP contribution in [0.15, 0.2) is 12.4 Å². The number of rotatable bonds is 5. The monoisotopic (exact) mass is 340 g/mol. The molecule has 0 bridgehead atoms. The van der Waals surface area contributed by atoms with Gasteiger partial charge in [0.15, 0.2) is 5.82 Å². The number of H-pyrrole nitrogens is 1. The third-order valence-electron chi connectivity index (χ3n) is 5.99. The lowest BCUT2D eigenvalue weighted by molar-refractivity contribution is -0.131. The summed E-state index contributed by atoms with van der Waals surface area (Å²) in [5.41, 5.74) is 0. The maximum absolute atomic E-state index is 12.8. The van der Waals surface area contributed by atoms with Gasteiger partial charge in [-0.3, -0.25) is 9.89 Å². The van der Waals surface area contributed by atoms with Crippen LogP contribution < -0.4 is 0 Å². The molecule has 132 valence electrons. The van der Waals surface area contributed by atoms with E-state index in [1.165, 1.54) is 25.7 Å². The molecule has 25 heavy (non-hydrogen) atoms. The lowest BCUT2D eigenvalue weighted by Crippen LogP contribution is -2.32. The fourth-order valence-corrected chi connectivity index (χ4v) is 4.12. The van der Waals surface area contributed by atoms with Crippen LogP contribution in [0.3, 0.4) is 0 Å². The molecule has 2 saturated carbocycles. The molecule has 1 N–H and O–H groups in total. The van der Waals surface area contributed by atoms with Crippen LogP contribution in [0.25, 0.3) is 0 Å². The third kappa shape index (κ3) is 2.85. The van der Waals surface area contributed by atoms with Crippen molar-refractivity contribution < 1.29 is 4.79 Å². The predicted molar refractivity (Wildman–Crippen MR) is 90.9 cm³/mol. The summed E-state index contributed by atoms with van der Waals surface area (Å²) in [6.07, 6.45) is 8.61. The number of aromatic nitrogens is 5. The Kier molecular flexibility index (Phi) is 3.43. The second-order valence-electron chi connectivity index (χ2n) is 7.86. The van der Waals surface area contributed by atoms with Crippen molar-refractivity contribution >= 4 is 5.91 Å². The number of hydrogen-bond acceptors (Lipinski definition) is 4. The van der Waals surface area contributed by atoms with Gasteiger partial charge in [-0.25, -0.2) is 9.97 Å². The minimum atomic E-state index is 0.177. The molecule has 5 rings (SSSR count). The van der Waals surface area contributed by atoms with Gasteiger partial charge in [0.25, 0.3) is 0 Å². The van der Waals surface area contributed by atoms with Crippen LogP contribution in [-0.2, 0) is 11.3 Å². The number of carbonyl (C=O) groups is 1. The van der Waals surface area contributed by atoms with Gasteiger partial charge in [-0.05, 0) is 44.4 Å². The summed E-state index contributed by atoms with van der Waals surface area (Å²) in [6, 6.07) is 0. The van der Waals surface area contributed by atoms with E-state index in [1.54, 1.807) is 6.20 Å². The largest absolute Gasteiger partial charge is 0.340 e. The summed E-state index contributed by atoms with van der Waals surface area (Å²) < 4.78 is 1.92. The maximum atomic E-state index is 12.8. The predicted octanol–water partition coefficient (Wildman–Crippen LogP) is 1.84. The van der Waals surface area contributed by atoms with Gasteiger partial charge in [-0.2, -0.15) is 5.10 Å². The Bertz CT molecular complexity index is 787. The zero-order chi connectivity index (χ0) is 17.0. The van der Waals surface area contributed by atoms with Crippen LogP contribution in [0, 0.1) is 18.8 Å². The molecule has 0 spiro atoms. The molecule has 2 aromatic heterocycles. The minimum absolute atomic E-state index is 0.177. The average Bonchev–Trinajstić information content (AvgIpc) is 3.50. The van der Waals surface area contributed by atoms with E-state index in [4.69, 9.17) is 4.98 Å². The van der Waals surface area contributed by atoms with Crippen molar-refractivity contribution in [3.8, 4) is 0 Å². The van der Waals surface area contributed by atoms with Gasteiger partial charge < -0.3 is 9.47 Å². The molecule has 7 heteroatoms. The Labute approximate surface area is 146 Å². The lowest BCUT2D eigenvalue weighted by Gasteiger charge is -2.17. The smallest absolute Gasteiger partial charge is 0.242 e. The molecule has 2 aliphatic carbocycles. The molecule has 1 aliphatic heterocycles. The molecule has 2 atom stereocenters. The summed E-state index contributed by atoms with van der Waals surface area (Å²) in [6.45, 7) is 3.91. The molecule has 0 aromatic carbocycles. The first-order chi connectivity index (χ1) is 12.2. The molecule has 1 saturated heterocycles. The Morgan fingerprint density at radius 1 is 1.28 bits per heavy atom. The molecule has 1 amide bonds. The van der Waals surface area contributed by atoms with Crippen LogP contribution in [0.5, 0.6) is 0 Å². The van der Waals surface area contributed by atoms with E-state index in [1.807, 2.05) is 22.6 Å². The number of imidazole rings is 1. The van der Waals surface area contributed by atoms with E-state index in [0.717, 1.165) is 36.5 Å². The highest BCUT2D eigenvalue weighted by Gasteiger charge is 2.45. The lowest BCUT2D eigenvalue weighted by atomic mass is 9.91. The summed E-state index contributed by atoms with van der Waals surface area (Å²) in [5, 5.41) is 7.61. The van der Waals surface area contributed by atoms with E-state index in [-0.39, 0.29) is 5.91 Å². The van der Waals surface area contributed by atoms with Crippen LogP contribution in [0.2, 0.25) is 0 Å². The average molecular weight is 340 g/mol. The van der Waals surface area contributed by atoms with Crippen molar-refractivity contribution in [3.63, 3.8) is 0 Å². The normalized spacial score (nSPS) is 26.4. The van der Waals surface area contributed by atoms with Crippen molar-refractivity contribution in [2.75, 3.05) is 13.1 Å². The van der Waals surface area contributed by atoms with Crippen molar-refractivity contribution in [2.24, 2.45) is 11.8 Å². The summed E-state index contributed by atoms with van der Waals surface area (Å²) >= 11 is 0. The van der Waals surface area contributed by atoms with E-state index < -0.39 is 0 Å². The van der Waals surface area contributed by atoms with Crippen LogP contribution in [-0.4, -0.2) is 48.6 Å². The fraction of sp³-hybridized carbons (Fsp3) is 0.667. The Morgan fingerprint density at radius 3 is 2.80 bits per heavy atom. The zero-order valence-electron chi connectivity index (χ0n) is 14.6. The number of aryl methyl sites for hydroxylation is 1. The highest BCUT2D eigenvalue weighted by molar-refractivity contribution is 5.76. The molecular weight excluding hydrogens is 316 g/mol. The Morgan fingerprint density at radius 2 is 2.12 bits per heavy atom. The molecule has 3 heterocycles. The number of hydrogen-bond donors (Lipinski definition) is 1. The van der Waals surface area contributed by atoms with Crippen molar-refractivity contribution in [3.05, 3.63) is 29.9 Å². The van der Waals surface area contributed by atoms with Crippen molar-refractivity contribution in [2.45, 2.75) is 51.0 Å². The number of nitrogens with one attached hydrogen (secondary N) is 1. The highest BCUT2D eigenvalue weighted by atomic mass is 16.2. The molecule has 0 unspecified atom stereocenters.